The average molecular weight is 303 g/mol. The van der Waals surface area contributed by atoms with E-state index in [1.165, 1.54) is 0 Å². The average Bonchev–Trinajstić information content (AvgIpc) is 2.55. The first-order chi connectivity index (χ1) is 10.8. The predicted molar refractivity (Wildman–Crippen MR) is 94.6 cm³/mol. The molecule has 0 spiro atoms. The van der Waals surface area contributed by atoms with Gasteiger partial charge in [-0.25, -0.2) is 0 Å². The Kier molecular flexibility index (Phi) is 9.59. The van der Waals surface area contributed by atoms with E-state index in [9.17, 15) is 0 Å². The molecular weight excluding hydrogens is 274 g/mol. The Morgan fingerprint density at radius 3 is 2.73 bits per heavy atom. The molecule has 0 saturated carbocycles. The number of hydrogen-bond acceptors (Lipinski definition) is 2. The summed E-state index contributed by atoms with van der Waals surface area (Å²) in [5, 5.41) is 3.39. The molecule has 0 aromatic heterocycles. The van der Waals surface area contributed by atoms with Crippen LogP contribution in [0.1, 0.15) is 25.7 Å². The normalized spacial score (nSPS) is 11.1. The quantitative estimate of drug-likeness (QED) is 0.312. The number of nitrogens with zero attached hydrogens (tertiary/aromatic N) is 2. The van der Waals surface area contributed by atoms with Gasteiger partial charge in [0, 0.05) is 27.2 Å². The monoisotopic (exact) mass is 303 g/mol. The van der Waals surface area contributed by atoms with Crippen molar-refractivity contribution in [3.63, 3.8) is 0 Å². The van der Waals surface area contributed by atoms with E-state index < -0.39 is 0 Å². The van der Waals surface area contributed by atoms with Gasteiger partial charge < -0.3 is 15.0 Å². The molecule has 4 heteroatoms. The number of allylic oxidation sites excluding steroid dienone is 1. The summed E-state index contributed by atoms with van der Waals surface area (Å²) in [6.45, 7) is 6.40. The van der Waals surface area contributed by atoms with Crippen LogP contribution >= 0.6 is 0 Å². The molecule has 0 aliphatic rings. The summed E-state index contributed by atoms with van der Waals surface area (Å²) in [5.41, 5.74) is 0. The van der Waals surface area contributed by atoms with Gasteiger partial charge in [-0.2, -0.15) is 0 Å². The van der Waals surface area contributed by atoms with Crippen molar-refractivity contribution in [2.75, 3.05) is 33.8 Å². The smallest absolute Gasteiger partial charge is 0.193 e. The highest BCUT2D eigenvalue weighted by Crippen LogP contribution is 2.08. The number of para-hydroxylation sites is 1. The maximum Gasteiger partial charge on any atom is 0.193 e. The van der Waals surface area contributed by atoms with Gasteiger partial charge in [-0.1, -0.05) is 24.3 Å². The standard InChI is InChI=1S/C18H29N3O/c1-4-5-10-15-21(3)18(19-2)20-14-9-11-16-22-17-12-7-6-8-13-17/h4,6-8,12-13H,1,5,9-11,14-16H2,2-3H3,(H,19,20). The molecule has 4 nitrogen and oxygen atoms in total. The molecule has 22 heavy (non-hydrogen) atoms. The summed E-state index contributed by atoms with van der Waals surface area (Å²) in [6, 6.07) is 9.94. The molecular formula is C18H29N3O. The Hall–Kier alpha value is -1.97. The highest BCUT2D eigenvalue weighted by Gasteiger charge is 2.03. The summed E-state index contributed by atoms with van der Waals surface area (Å²) in [5.74, 6) is 1.89. The van der Waals surface area contributed by atoms with Crippen molar-refractivity contribution in [3.8, 4) is 5.75 Å². The Morgan fingerprint density at radius 2 is 2.05 bits per heavy atom. The lowest BCUT2D eigenvalue weighted by Crippen LogP contribution is -2.39. The fourth-order valence-corrected chi connectivity index (χ4v) is 2.10. The Labute approximate surface area is 134 Å². The third kappa shape index (κ3) is 7.72. The van der Waals surface area contributed by atoms with Crippen LogP contribution in [-0.4, -0.2) is 44.7 Å². The number of benzene rings is 1. The third-order valence-electron chi connectivity index (χ3n) is 3.34. The van der Waals surface area contributed by atoms with Crippen LogP contribution in [0.4, 0.5) is 0 Å². The zero-order valence-electron chi connectivity index (χ0n) is 13.9. The minimum absolute atomic E-state index is 0.749. The van der Waals surface area contributed by atoms with Crippen molar-refractivity contribution in [1.29, 1.82) is 0 Å². The van der Waals surface area contributed by atoms with Crippen LogP contribution in [0.25, 0.3) is 0 Å². The first-order valence-electron chi connectivity index (χ1n) is 7.98. The Bertz CT molecular complexity index is 431. The lowest BCUT2D eigenvalue weighted by Gasteiger charge is -2.21. The molecule has 0 amide bonds. The second kappa shape index (κ2) is 11.7. The molecule has 0 atom stereocenters. The number of hydrogen-bond donors (Lipinski definition) is 1. The molecule has 0 radical (unpaired) electrons. The first-order valence-corrected chi connectivity index (χ1v) is 7.98. The van der Waals surface area contributed by atoms with Crippen LogP contribution in [0, 0.1) is 0 Å². The fourth-order valence-electron chi connectivity index (χ4n) is 2.10. The molecule has 1 N–H and O–H groups in total. The third-order valence-corrected chi connectivity index (χ3v) is 3.34. The SMILES string of the molecule is C=CCCCN(C)C(=NC)NCCCCOc1ccccc1. The summed E-state index contributed by atoms with van der Waals surface area (Å²) in [4.78, 5) is 6.46. The lowest BCUT2D eigenvalue weighted by molar-refractivity contribution is 0.306. The van der Waals surface area contributed by atoms with Crippen LogP contribution < -0.4 is 10.1 Å². The topological polar surface area (TPSA) is 36.9 Å². The van der Waals surface area contributed by atoms with Crippen molar-refractivity contribution in [2.24, 2.45) is 4.99 Å². The molecule has 0 aliphatic carbocycles. The van der Waals surface area contributed by atoms with E-state index >= 15 is 0 Å². The zero-order valence-corrected chi connectivity index (χ0v) is 13.9. The van der Waals surface area contributed by atoms with Gasteiger partial charge in [0.1, 0.15) is 5.75 Å². The zero-order chi connectivity index (χ0) is 16.0. The summed E-state index contributed by atoms with van der Waals surface area (Å²) >= 11 is 0. The summed E-state index contributed by atoms with van der Waals surface area (Å²) < 4.78 is 5.67. The van der Waals surface area contributed by atoms with Gasteiger partial charge in [0.05, 0.1) is 6.61 Å². The number of ether oxygens (including phenoxy) is 1. The molecule has 0 fully saturated rings. The number of unbranched alkanes of at least 4 members (excludes halogenated alkanes) is 2. The Balaban J connectivity index is 2.10. The first kappa shape index (κ1) is 18.1. The number of nitrogens with one attached hydrogen (secondary N) is 1. The van der Waals surface area contributed by atoms with Crippen LogP contribution in [0.3, 0.4) is 0 Å². The van der Waals surface area contributed by atoms with E-state index in [0.29, 0.717) is 0 Å². The van der Waals surface area contributed by atoms with E-state index in [2.05, 4.69) is 28.8 Å². The van der Waals surface area contributed by atoms with Crippen molar-refractivity contribution < 1.29 is 4.74 Å². The minimum atomic E-state index is 0.749. The van der Waals surface area contributed by atoms with Gasteiger partial charge in [-0.15, -0.1) is 6.58 Å². The molecule has 1 rings (SSSR count). The highest BCUT2D eigenvalue weighted by molar-refractivity contribution is 5.79. The molecule has 0 saturated heterocycles. The van der Waals surface area contributed by atoms with E-state index in [1.54, 1.807) is 0 Å². The maximum absolute atomic E-state index is 5.67. The number of rotatable bonds is 10. The molecule has 0 unspecified atom stereocenters. The van der Waals surface area contributed by atoms with Crippen molar-refractivity contribution in [1.82, 2.24) is 10.2 Å². The number of guanidine groups is 1. The van der Waals surface area contributed by atoms with Crippen LogP contribution in [0.15, 0.2) is 48.0 Å². The second-order valence-electron chi connectivity index (χ2n) is 5.20. The van der Waals surface area contributed by atoms with Crippen LogP contribution in [0.5, 0.6) is 5.75 Å². The molecule has 0 bridgehead atoms. The van der Waals surface area contributed by atoms with Gasteiger partial charge in [-0.3, -0.25) is 4.99 Å². The lowest BCUT2D eigenvalue weighted by atomic mass is 10.3. The fraction of sp³-hybridized carbons (Fsp3) is 0.500. The highest BCUT2D eigenvalue weighted by atomic mass is 16.5. The predicted octanol–water partition coefficient (Wildman–Crippen LogP) is 3.32. The van der Waals surface area contributed by atoms with Crippen molar-refractivity contribution in [2.45, 2.75) is 25.7 Å². The molecule has 0 heterocycles. The van der Waals surface area contributed by atoms with Gasteiger partial charge in [0.2, 0.25) is 0 Å². The summed E-state index contributed by atoms with van der Waals surface area (Å²) in [6.07, 6.45) is 6.19. The largest absolute Gasteiger partial charge is 0.494 e. The van der Waals surface area contributed by atoms with E-state index in [4.69, 9.17) is 4.74 Å². The molecule has 0 aliphatic heterocycles. The molecule has 1 aromatic rings. The van der Waals surface area contributed by atoms with Gasteiger partial charge >= 0.3 is 0 Å². The van der Waals surface area contributed by atoms with Crippen molar-refractivity contribution in [3.05, 3.63) is 43.0 Å². The maximum atomic E-state index is 5.67. The summed E-state index contributed by atoms with van der Waals surface area (Å²) in [7, 11) is 3.89. The van der Waals surface area contributed by atoms with Gasteiger partial charge in [-0.05, 0) is 37.8 Å². The van der Waals surface area contributed by atoms with Gasteiger partial charge in [0.25, 0.3) is 0 Å². The van der Waals surface area contributed by atoms with Crippen LogP contribution in [0.2, 0.25) is 0 Å². The van der Waals surface area contributed by atoms with E-state index in [1.807, 2.05) is 43.5 Å². The van der Waals surface area contributed by atoms with Crippen molar-refractivity contribution >= 4 is 5.96 Å². The second-order valence-corrected chi connectivity index (χ2v) is 5.20. The Morgan fingerprint density at radius 1 is 1.27 bits per heavy atom. The molecule has 1 aromatic carbocycles. The number of aliphatic imine (C=N–C) groups is 1. The molecule has 122 valence electrons. The van der Waals surface area contributed by atoms with Crippen LogP contribution in [-0.2, 0) is 0 Å². The minimum Gasteiger partial charge on any atom is -0.494 e. The van der Waals surface area contributed by atoms with E-state index in [0.717, 1.165) is 57.1 Å². The van der Waals surface area contributed by atoms with Gasteiger partial charge in [0.15, 0.2) is 5.96 Å². The van der Waals surface area contributed by atoms with E-state index in [-0.39, 0.29) is 0 Å².